The SMILES string of the molecule is CCCCOc1ccccc1NCc1cccs1. The van der Waals surface area contributed by atoms with Crippen molar-refractivity contribution in [3.63, 3.8) is 0 Å². The first-order valence-electron chi connectivity index (χ1n) is 6.38. The summed E-state index contributed by atoms with van der Waals surface area (Å²) in [6, 6.07) is 12.3. The van der Waals surface area contributed by atoms with Crippen molar-refractivity contribution in [1.29, 1.82) is 0 Å². The summed E-state index contributed by atoms with van der Waals surface area (Å²) >= 11 is 1.77. The molecule has 0 aliphatic heterocycles. The van der Waals surface area contributed by atoms with E-state index in [0.29, 0.717) is 0 Å². The van der Waals surface area contributed by atoms with Crippen molar-refractivity contribution in [3.8, 4) is 5.75 Å². The second kappa shape index (κ2) is 7.07. The lowest BCUT2D eigenvalue weighted by atomic mass is 10.3. The van der Waals surface area contributed by atoms with Gasteiger partial charge in [0, 0.05) is 11.4 Å². The van der Waals surface area contributed by atoms with Crippen LogP contribution < -0.4 is 10.1 Å². The van der Waals surface area contributed by atoms with Crippen LogP contribution in [-0.4, -0.2) is 6.61 Å². The maximum atomic E-state index is 5.79. The first-order valence-corrected chi connectivity index (χ1v) is 7.26. The summed E-state index contributed by atoms with van der Waals surface area (Å²) in [6.07, 6.45) is 2.25. The van der Waals surface area contributed by atoms with E-state index in [2.05, 4.69) is 35.8 Å². The molecule has 1 aromatic carbocycles. The molecule has 0 aliphatic rings. The lowest BCUT2D eigenvalue weighted by Gasteiger charge is -2.12. The molecular weight excluding hydrogens is 242 g/mol. The Morgan fingerprint density at radius 1 is 1.17 bits per heavy atom. The molecule has 2 aromatic rings. The fraction of sp³-hybridized carbons (Fsp3) is 0.333. The molecule has 3 heteroatoms. The van der Waals surface area contributed by atoms with Gasteiger partial charge in [0.25, 0.3) is 0 Å². The number of rotatable bonds is 7. The molecule has 0 spiro atoms. The van der Waals surface area contributed by atoms with E-state index in [1.54, 1.807) is 11.3 Å². The van der Waals surface area contributed by atoms with Crippen molar-refractivity contribution in [3.05, 3.63) is 46.7 Å². The Balaban J connectivity index is 1.94. The van der Waals surface area contributed by atoms with Gasteiger partial charge in [-0.2, -0.15) is 0 Å². The second-order valence-corrected chi connectivity index (χ2v) is 5.16. The molecule has 2 nitrogen and oxygen atoms in total. The molecule has 0 saturated carbocycles. The highest BCUT2D eigenvalue weighted by Crippen LogP contribution is 2.25. The van der Waals surface area contributed by atoms with Crippen LogP contribution in [0, 0.1) is 0 Å². The quantitative estimate of drug-likeness (QED) is 0.739. The summed E-state index contributed by atoms with van der Waals surface area (Å²) in [4.78, 5) is 1.33. The predicted octanol–water partition coefficient (Wildman–Crippen LogP) is 4.54. The normalized spacial score (nSPS) is 10.3. The van der Waals surface area contributed by atoms with Crippen molar-refractivity contribution in [2.75, 3.05) is 11.9 Å². The van der Waals surface area contributed by atoms with E-state index in [9.17, 15) is 0 Å². The van der Waals surface area contributed by atoms with Crippen molar-refractivity contribution in [1.82, 2.24) is 0 Å². The van der Waals surface area contributed by atoms with Gasteiger partial charge in [0.2, 0.25) is 0 Å². The average Bonchev–Trinajstić information content (AvgIpc) is 2.91. The molecule has 1 N–H and O–H groups in total. The standard InChI is InChI=1S/C15H19NOS/c1-2-3-10-17-15-9-5-4-8-14(15)16-12-13-7-6-11-18-13/h4-9,11,16H,2-3,10,12H2,1H3. The van der Waals surface area contributed by atoms with Gasteiger partial charge in [0.15, 0.2) is 0 Å². The van der Waals surface area contributed by atoms with Crippen LogP contribution >= 0.6 is 11.3 Å². The molecule has 1 aromatic heterocycles. The molecule has 0 atom stereocenters. The number of benzene rings is 1. The smallest absolute Gasteiger partial charge is 0.142 e. The molecule has 18 heavy (non-hydrogen) atoms. The van der Waals surface area contributed by atoms with Crippen LogP contribution in [-0.2, 0) is 6.54 Å². The molecule has 0 unspecified atom stereocenters. The van der Waals surface area contributed by atoms with Crippen LogP contribution in [0.5, 0.6) is 5.75 Å². The first kappa shape index (κ1) is 13.0. The third-order valence-electron chi connectivity index (χ3n) is 2.68. The van der Waals surface area contributed by atoms with Gasteiger partial charge in [-0.15, -0.1) is 11.3 Å². The number of anilines is 1. The number of thiophene rings is 1. The third-order valence-corrected chi connectivity index (χ3v) is 3.55. The lowest BCUT2D eigenvalue weighted by Crippen LogP contribution is -2.02. The minimum Gasteiger partial charge on any atom is -0.491 e. The number of para-hydroxylation sites is 2. The zero-order valence-corrected chi connectivity index (χ0v) is 11.5. The molecule has 0 aliphatic carbocycles. The summed E-state index contributed by atoms with van der Waals surface area (Å²) in [6.45, 7) is 3.81. The largest absolute Gasteiger partial charge is 0.491 e. The van der Waals surface area contributed by atoms with Crippen molar-refractivity contribution < 1.29 is 4.74 Å². The van der Waals surface area contributed by atoms with E-state index in [1.807, 2.05) is 18.2 Å². The van der Waals surface area contributed by atoms with Crippen LogP contribution in [0.15, 0.2) is 41.8 Å². The van der Waals surface area contributed by atoms with E-state index in [0.717, 1.165) is 37.4 Å². The van der Waals surface area contributed by atoms with E-state index < -0.39 is 0 Å². The number of nitrogens with one attached hydrogen (secondary N) is 1. The second-order valence-electron chi connectivity index (χ2n) is 4.13. The number of ether oxygens (including phenoxy) is 1. The Bertz CT molecular complexity index is 453. The van der Waals surface area contributed by atoms with Crippen molar-refractivity contribution in [2.24, 2.45) is 0 Å². The molecule has 96 valence electrons. The summed E-state index contributed by atoms with van der Waals surface area (Å²) in [5.41, 5.74) is 1.07. The molecule has 0 radical (unpaired) electrons. The maximum Gasteiger partial charge on any atom is 0.142 e. The topological polar surface area (TPSA) is 21.3 Å². The van der Waals surface area contributed by atoms with Gasteiger partial charge in [-0.3, -0.25) is 0 Å². The van der Waals surface area contributed by atoms with Crippen molar-refractivity contribution >= 4 is 17.0 Å². The highest BCUT2D eigenvalue weighted by molar-refractivity contribution is 7.09. The Hall–Kier alpha value is -1.48. The predicted molar refractivity (Wildman–Crippen MR) is 78.5 cm³/mol. The summed E-state index contributed by atoms with van der Waals surface area (Å²) in [5.74, 6) is 0.947. The van der Waals surface area contributed by atoms with Gasteiger partial charge in [-0.25, -0.2) is 0 Å². The lowest BCUT2D eigenvalue weighted by molar-refractivity contribution is 0.310. The van der Waals surface area contributed by atoms with Crippen molar-refractivity contribution in [2.45, 2.75) is 26.3 Å². The van der Waals surface area contributed by atoms with Gasteiger partial charge in [-0.1, -0.05) is 31.5 Å². The summed E-state index contributed by atoms with van der Waals surface area (Å²) < 4.78 is 5.79. The van der Waals surface area contributed by atoms with E-state index in [-0.39, 0.29) is 0 Å². The minimum absolute atomic E-state index is 0.786. The monoisotopic (exact) mass is 261 g/mol. The third kappa shape index (κ3) is 3.77. The van der Waals surface area contributed by atoms with Gasteiger partial charge < -0.3 is 10.1 Å². The Morgan fingerprint density at radius 2 is 2.06 bits per heavy atom. The molecule has 0 bridgehead atoms. The van der Waals surface area contributed by atoms with Gasteiger partial charge in [0.1, 0.15) is 5.75 Å². The zero-order chi connectivity index (χ0) is 12.6. The first-order chi connectivity index (χ1) is 8.90. The zero-order valence-electron chi connectivity index (χ0n) is 10.7. The molecule has 0 amide bonds. The van der Waals surface area contributed by atoms with Gasteiger partial charge in [0.05, 0.1) is 12.3 Å². The Morgan fingerprint density at radius 3 is 2.83 bits per heavy atom. The molecule has 2 rings (SSSR count). The molecule has 0 saturated heterocycles. The van der Waals surface area contributed by atoms with E-state index >= 15 is 0 Å². The summed E-state index contributed by atoms with van der Waals surface area (Å²) in [7, 11) is 0. The fourth-order valence-electron chi connectivity index (χ4n) is 1.66. The van der Waals surface area contributed by atoms with Crippen LogP contribution in [0.2, 0.25) is 0 Å². The minimum atomic E-state index is 0.786. The molecule has 1 heterocycles. The van der Waals surface area contributed by atoms with Gasteiger partial charge in [-0.05, 0) is 30.0 Å². The molecular formula is C15H19NOS. The maximum absolute atomic E-state index is 5.79. The summed E-state index contributed by atoms with van der Waals surface area (Å²) in [5, 5.41) is 5.53. The van der Waals surface area contributed by atoms with E-state index in [4.69, 9.17) is 4.74 Å². The number of hydrogen-bond donors (Lipinski definition) is 1. The van der Waals surface area contributed by atoms with Crippen LogP contribution in [0.3, 0.4) is 0 Å². The average molecular weight is 261 g/mol. The van der Waals surface area contributed by atoms with Crippen LogP contribution in [0.1, 0.15) is 24.6 Å². The van der Waals surface area contributed by atoms with E-state index in [1.165, 1.54) is 4.88 Å². The van der Waals surface area contributed by atoms with Gasteiger partial charge >= 0.3 is 0 Å². The number of hydrogen-bond acceptors (Lipinski definition) is 3. The highest BCUT2D eigenvalue weighted by atomic mass is 32.1. The highest BCUT2D eigenvalue weighted by Gasteiger charge is 2.02. The Labute approximate surface area is 113 Å². The molecule has 0 fully saturated rings. The van der Waals surface area contributed by atoms with Crippen LogP contribution in [0.25, 0.3) is 0 Å². The van der Waals surface area contributed by atoms with Crippen LogP contribution in [0.4, 0.5) is 5.69 Å². The number of unbranched alkanes of at least 4 members (excludes halogenated alkanes) is 1. The fourth-order valence-corrected chi connectivity index (χ4v) is 2.31. The Kier molecular flexibility index (Phi) is 5.09.